The third-order valence-corrected chi connectivity index (χ3v) is 4.53. The summed E-state index contributed by atoms with van der Waals surface area (Å²) in [5.41, 5.74) is 0.947. The molecule has 3 rings (SSSR count). The summed E-state index contributed by atoms with van der Waals surface area (Å²) in [4.78, 5) is 25.4. The molecule has 0 unspecified atom stereocenters. The molecule has 1 aromatic heterocycles. The Balaban J connectivity index is 1.74. The first-order valence-electron chi connectivity index (χ1n) is 7.66. The number of piperidine rings is 1. The summed E-state index contributed by atoms with van der Waals surface area (Å²) in [5, 5.41) is 17.6. The van der Waals surface area contributed by atoms with Crippen LogP contribution >= 0.6 is 11.6 Å². The van der Waals surface area contributed by atoms with Gasteiger partial charge in [0.25, 0.3) is 5.91 Å². The summed E-state index contributed by atoms with van der Waals surface area (Å²) >= 11 is 5.96. The Bertz CT molecular complexity index is 776. The van der Waals surface area contributed by atoms with E-state index in [1.54, 1.807) is 29.3 Å². The molecule has 1 fully saturated rings. The van der Waals surface area contributed by atoms with E-state index in [2.05, 4.69) is 10.3 Å². The molecule has 0 saturated carbocycles. The third kappa shape index (κ3) is 3.26. The normalized spacial score (nSPS) is 20.8. The highest BCUT2D eigenvalue weighted by Gasteiger charge is 2.34. The van der Waals surface area contributed by atoms with Crippen LogP contribution in [0, 0.1) is 11.8 Å². The Morgan fingerprint density at radius 2 is 2.17 bits per heavy atom. The Morgan fingerprint density at radius 1 is 1.38 bits per heavy atom. The molecule has 1 N–H and O–H groups in total. The van der Waals surface area contributed by atoms with Crippen molar-refractivity contribution in [2.75, 3.05) is 13.1 Å². The monoisotopic (exact) mass is 348 g/mol. The Labute approximate surface area is 143 Å². The summed E-state index contributed by atoms with van der Waals surface area (Å²) in [5.74, 6) is -1.54. The number of benzene rings is 1. The van der Waals surface area contributed by atoms with E-state index in [0.717, 1.165) is 0 Å². The maximum atomic E-state index is 12.6. The highest BCUT2D eigenvalue weighted by atomic mass is 35.5. The van der Waals surface area contributed by atoms with Gasteiger partial charge in [0.1, 0.15) is 0 Å². The van der Waals surface area contributed by atoms with Gasteiger partial charge >= 0.3 is 5.97 Å². The van der Waals surface area contributed by atoms with Crippen LogP contribution < -0.4 is 0 Å². The smallest absolute Gasteiger partial charge is 0.306 e. The lowest BCUT2D eigenvalue weighted by Gasteiger charge is -2.34. The van der Waals surface area contributed by atoms with Gasteiger partial charge in [0.15, 0.2) is 5.69 Å². The number of carbonyl (C=O) groups excluding carboxylic acids is 1. The average molecular weight is 349 g/mol. The van der Waals surface area contributed by atoms with E-state index in [-0.39, 0.29) is 17.5 Å². The van der Waals surface area contributed by atoms with Crippen LogP contribution in [-0.2, 0) is 4.79 Å². The topological polar surface area (TPSA) is 88.3 Å². The van der Waals surface area contributed by atoms with Crippen LogP contribution in [0.1, 0.15) is 23.8 Å². The molecule has 0 spiro atoms. The zero-order valence-corrected chi connectivity index (χ0v) is 13.8. The number of amides is 1. The van der Waals surface area contributed by atoms with Crippen LogP contribution in [0.4, 0.5) is 0 Å². The fraction of sp³-hybridized carbons (Fsp3) is 0.375. The van der Waals surface area contributed by atoms with Gasteiger partial charge < -0.3 is 10.0 Å². The maximum absolute atomic E-state index is 12.6. The number of carboxylic acid groups (broad SMARTS) is 1. The van der Waals surface area contributed by atoms with Crippen LogP contribution in [0.5, 0.6) is 0 Å². The van der Waals surface area contributed by atoms with Crippen LogP contribution in [0.2, 0.25) is 5.02 Å². The van der Waals surface area contributed by atoms with Crippen molar-refractivity contribution in [1.82, 2.24) is 19.9 Å². The van der Waals surface area contributed by atoms with Gasteiger partial charge in [-0.2, -0.15) is 0 Å². The van der Waals surface area contributed by atoms with Crippen molar-refractivity contribution in [2.24, 2.45) is 11.8 Å². The molecule has 2 aromatic rings. The van der Waals surface area contributed by atoms with Crippen LogP contribution in [0.15, 0.2) is 30.5 Å². The molecule has 126 valence electrons. The van der Waals surface area contributed by atoms with E-state index in [9.17, 15) is 9.59 Å². The Morgan fingerprint density at radius 3 is 2.83 bits per heavy atom. The van der Waals surface area contributed by atoms with Gasteiger partial charge in [-0.25, -0.2) is 4.68 Å². The largest absolute Gasteiger partial charge is 0.481 e. The maximum Gasteiger partial charge on any atom is 0.306 e. The Kier molecular flexibility index (Phi) is 4.53. The van der Waals surface area contributed by atoms with E-state index in [0.29, 0.717) is 30.2 Å². The van der Waals surface area contributed by atoms with Gasteiger partial charge in [0, 0.05) is 18.1 Å². The van der Waals surface area contributed by atoms with Crippen LogP contribution in [-0.4, -0.2) is 50.0 Å². The van der Waals surface area contributed by atoms with Gasteiger partial charge in [-0.05, 0) is 30.5 Å². The molecule has 1 aromatic carbocycles. The van der Waals surface area contributed by atoms with Gasteiger partial charge in [0.05, 0.1) is 17.8 Å². The molecule has 0 aliphatic carbocycles. The fourth-order valence-corrected chi connectivity index (χ4v) is 3.15. The number of carboxylic acids is 1. The molecule has 2 heterocycles. The minimum absolute atomic E-state index is 0.0943. The van der Waals surface area contributed by atoms with Crippen molar-refractivity contribution >= 4 is 23.5 Å². The second kappa shape index (κ2) is 6.60. The molecule has 8 heteroatoms. The number of aliphatic carboxylic acids is 1. The van der Waals surface area contributed by atoms with Gasteiger partial charge in [0.2, 0.25) is 0 Å². The second-order valence-electron chi connectivity index (χ2n) is 5.99. The van der Waals surface area contributed by atoms with E-state index in [4.69, 9.17) is 16.7 Å². The van der Waals surface area contributed by atoms with Crippen LogP contribution in [0.25, 0.3) is 5.69 Å². The molecule has 0 radical (unpaired) electrons. The van der Waals surface area contributed by atoms with Crippen molar-refractivity contribution in [2.45, 2.75) is 13.3 Å². The lowest BCUT2D eigenvalue weighted by atomic mass is 9.87. The molecular formula is C16H17ClN4O3. The first kappa shape index (κ1) is 16.4. The lowest BCUT2D eigenvalue weighted by molar-refractivity contribution is -0.145. The highest BCUT2D eigenvalue weighted by molar-refractivity contribution is 6.30. The third-order valence-electron chi connectivity index (χ3n) is 4.29. The number of hydrogen-bond acceptors (Lipinski definition) is 4. The van der Waals surface area contributed by atoms with E-state index < -0.39 is 11.9 Å². The van der Waals surface area contributed by atoms with E-state index >= 15 is 0 Å². The van der Waals surface area contributed by atoms with E-state index in [1.807, 2.05) is 13.0 Å². The molecule has 2 atom stereocenters. The van der Waals surface area contributed by atoms with Crippen molar-refractivity contribution in [3.05, 3.63) is 41.2 Å². The second-order valence-corrected chi connectivity index (χ2v) is 6.43. The summed E-state index contributed by atoms with van der Waals surface area (Å²) in [6.45, 7) is 2.66. The zero-order valence-electron chi connectivity index (χ0n) is 13.1. The molecule has 24 heavy (non-hydrogen) atoms. The highest BCUT2D eigenvalue weighted by Crippen LogP contribution is 2.24. The summed E-state index contributed by atoms with van der Waals surface area (Å²) in [6, 6.07) is 7.08. The van der Waals surface area contributed by atoms with Crippen molar-refractivity contribution < 1.29 is 14.7 Å². The summed E-state index contributed by atoms with van der Waals surface area (Å²) in [7, 11) is 0. The number of likely N-dealkylation sites (tertiary alicyclic amines) is 1. The predicted octanol–water partition coefficient (Wildman–Crippen LogP) is 2.10. The minimum atomic E-state index is -0.804. The van der Waals surface area contributed by atoms with Gasteiger partial charge in [-0.3, -0.25) is 9.59 Å². The number of carbonyl (C=O) groups is 2. The number of aromatic nitrogens is 3. The molecular weight excluding hydrogens is 332 g/mol. The average Bonchev–Trinajstić information content (AvgIpc) is 3.03. The summed E-state index contributed by atoms with van der Waals surface area (Å²) in [6.07, 6.45) is 2.01. The van der Waals surface area contributed by atoms with Crippen molar-refractivity contribution in [3.63, 3.8) is 0 Å². The first-order chi connectivity index (χ1) is 11.5. The van der Waals surface area contributed by atoms with E-state index in [1.165, 1.54) is 4.68 Å². The predicted molar refractivity (Wildman–Crippen MR) is 87.2 cm³/mol. The number of rotatable bonds is 3. The lowest BCUT2D eigenvalue weighted by Crippen LogP contribution is -2.45. The molecule has 1 aliphatic rings. The number of halogens is 1. The standard InChI is InChI=1S/C16H17ClN4O3/c1-10-8-20(6-5-13(10)16(23)24)15(22)14-9-21(19-18-14)12-4-2-3-11(17)7-12/h2-4,7,9-10,13H,5-6,8H2,1H3,(H,23,24)/t10-,13+/m1/s1. The van der Waals surface area contributed by atoms with Gasteiger partial charge in [-0.15, -0.1) is 5.10 Å². The molecule has 1 amide bonds. The first-order valence-corrected chi connectivity index (χ1v) is 8.04. The summed E-state index contributed by atoms with van der Waals surface area (Å²) < 4.78 is 1.49. The fourth-order valence-electron chi connectivity index (χ4n) is 2.97. The van der Waals surface area contributed by atoms with Crippen LogP contribution in [0.3, 0.4) is 0 Å². The number of hydrogen-bond donors (Lipinski definition) is 1. The molecule has 7 nitrogen and oxygen atoms in total. The Hall–Kier alpha value is -2.41. The molecule has 0 bridgehead atoms. The van der Waals surface area contributed by atoms with Crippen molar-refractivity contribution in [3.8, 4) is 5.69 Å². The quantitative estimate of drug-likeness (QED) is 0.917. The SMILES string of the molecule is C[C@@H]1CN(C(=O)c2cn(-c3cccc(Cl)c3)nn2)CC[C@@H]1C(=O)O. The zero-order chi connectivity index (χ0) is 17.3. The molecule has 1 saturated heterocycles. The van der Waals surface area contributed by atoms with Gasteiger partial charge in [-0.1, -0.05) is 29.8 Å². The van der Waals surface area contributed by atoms with Crippen molar-refractivity contribution in [1.29, 1.82) is 0 Å². The number of nitrogens with zero attached hydrogens (tertiary/aromatic N) is 4. The minimum Gasteiger partial charge on any atom is -0.481 e. The molecule has 1 aliphatic heterocycles.